The van der Waals surface area contributed by atoms with Gasteiger partial charge in [-0.1, -0.05) is 12.1 Å². The summed E-state index contributed by atoms with van der Waals surface area (Å²) in [5, 5.41) is 15.2. The molecule has 108 valence electrons. The molecule has 1 heterocycles. The van der Waals surface area contributed by atoms with Gasteiger partial charge in [-0.15, -0.1) is 0 Å². The predicted octanol–water partition coefficient (Wildman–Crippen LogP) is 1.90. The molecule has 1 aromatic carbocycles. The predicted molar refractivity (Wildman–Crippen MR) is 82.9 cm³/mol. The van der Waals surface area contributed by atoms with Crippen LogP contribution in [-0.2, 0) is 0 Å². The lowest BCUT2D eigenvalue weighted by Gasteiger charge is -2.14. The first-order chi connectivity index (χ1) is 10.0. The highest BCUT2D eigenvalue weighted by Gasteiger charge is 2.10. The highest BCUT2D eigenvalue weighted by Crippen LogP contribution is 2.22. The Morgan fingerprint density at radius 2 is 1.86 bits per heavy atom. The molecular formula is C14H17N7. The standard InChI is InChI=1S/C14H17N7/c1-9-6-5-7-11(10(9)8-15)17-13-18-12(16-2)19-14(20-13)21(3)4/h5-7H,1-4H3,(H2,16,17,18,19,20). The molecule has 7 nitrogen and oxygen atoms in total. The molecule has 0 aliphatic rings. The van der Waals surface area contributed by atoms with Crippen LogP contribution in [0.1, 0.15) is 11.1 Å². The summed E-state index contributed by atoms with van der Waals surface area (Å²) in [4.78, 5) is 14.6. The number of aryl methyl sites for hydroxylation is 1. The quantitative estimate of drug-likeness (QED) is 0.885. The van der Waals surface area contributed by atoms with Crippen LogP contribution in [-0.4, -0.2) is 36.1 Å². The Morgan fingerprint density at radius 3 is 2.48 bits per heavy atom. The van der Waals surface area contributed by atoms with Gasteiger partial charge in [0.2, 0.25) is 17.8 Å². The van der Waals surface area contributed by atoms with Crippen LogP contribution in [0.25, 0.3) is 0 Å². The topological polar surface area (TPSA) is 89.8 Å². The summed E-state index contributed by atoms with van der Waals surface area (Å²) in [6.07, 6.45) is 0. The van der Waals surface area contributed by atoms with Gasteiger partial charge in [0.25, 0.3) is 0 Å². The fourth-order valence-corrected chi connectivity index (χ4v) is 1.77. The summed E-state index contributed by atoms with van der Waals surface area (Å²) < 4.78 is 0. The highest BCUT2D eigenvalue weighted by atomic mass is 15.3. The van der Waals surface area contributed by atoms with Crippen LogP contribution in [0.3, 0.4) is 0 Å². The summed E-state index contributed by atoms with van der Waals surface area (Å²) in [5.74, 6) is 1.38. The van der Waals surface area contributed by atoms with Crippen molar-refractivity contribution >= 4 is 23.5 Å². The van der Waals surface area contributed by atoms with Crippen LogP contribution < -0.4 is 15.5 Å². The van der Waals surface area contributed by atoms with Gasteiger partial charge in [-0.2, -0.15) is 20.2 Å². The highest BCUT2D eigenvalue weighted by molar-refractivity contribution is 5.66. The second-order valence-electron chi connectivity index (χ2n) is 4.66. The molecule has 0 atom stereocenters. The van der Waals surface area contributed by atoms with E-state index < -0.39 is 0 Å². The number of aromatic nitrogens is 3. The first-order valence-corrected chi connectivity index (χ1v) is 6.43. The van der Waals surface area contributed by atoms with Gasteiger partial charge in [0, 0.05) is 21.1 Å². The van der Waals surface area contributed by atoms with Crippen molar-refractivity contribution in [2.24, 2.45) is 0 Å². The fourth-order valence-electron chi connectivity index (χ4n) is 1.77. The van der Waals surface area contributed by atoms with Gasteiger partial charge in [0.15, 0.2) is 0 Å². The van der Waals surface area contributed by atoms with Crippen molar-refractivity contribution in [2.45, 2.75) is 6.92 Å². The number of nitrogens with zero attached hydrogens (tertiary/aromatic N) is 5. The maximum absolute atomic E-state index is 9.26. The average molecular weight is 283 g/mol. The molecule has 0 unspecified atom stereocenters. The summed E-state index contributed by atoms with van der Waals surface area (Å²) in [5.41, 5.74) is 2.16. The van der Waals surface area contributed by atoms with E-state index in [1.807, 2.05) is 39.2 Å². The molecular weight excluding hydrogens is 266 g/mol. The molecule has 0 amide bonds. The SMILES string of the molecule is CNc1nc(Nc2cccc(C)c2C#N)nc(N(C)C)n1. The van der Waals surface area contributed by atoms with E-state index in [1.54, 1.807) is 11.9 Å². The van der Waals surface area contributed by atoms with Crippen molar-refractivity contribution < 1.29 is 0 Å². The zero-order valence-corrected chi connectivity index (χ0v) is 12.5. The lowest BCUT2D eigenvalue weighted by molar-refractivity contribution is 0.963. The summed E-state index contributed by atoms with van der Waals surface area (Å²) >= 11 is 0. The van der Waals surface area contributed by atoms with Gasteiger partial charge in [-0.3, -0.25) is 0 Å². The fraction of sp³-hybridized carbons (Fsp3) is 0.286. The van der Waals surface area contributed by atoms with E-state index in [4.69, 9.17) is 0 Å². The third-order valence-electron chi connectivity index (χ3n) is 2.88. The normalized spacial score (nSPS) is 9.86. The van der Waals surface area contributed by atoms with Crippen molar-refractivity contribution in [3.63, 3.8) is 0 Å². The summed E-state index contributed by atoms with van der Waals surface area (Å²) in [6, 6.07) is 7.78. The molecule has 0 saturated heterocycles. The zero-order chi connectivity index (χ0) is 15.4. The van der Waals surface area contributed by atoms with Gasteiger partial charge in [-0.25, -0.2) is 0 Å². The van der Waals surface area contributed by atoms with E-state index in [2.05, 4.69) is 31.7 Å². The van der Waals surface area contributed by atoms with Crippen LogP contribution in [0.2, 0.25) is 0 Å². The number of hydrogen-bond acceptors (Lipinski definition) is 7. The van der Waals surface area contributed by atoms with E-state index in [1.165, 1.54) is 0 Å². The van der Waals surface area contributed by atoms with Crippen molar-refractivity contribution in [1.82, 2.24) is 15.0 Å². The van der Waals surface area contributed by atoms with Crippen molar-refractivity contribution in [3.8, 4) is 6.07 Å². The number of nitriles is 1. The maximum atomic E-state index is 9.26. The minimum absolute atomic E-state index is 0.389. The van der Waals surface area contributed by atoms with Gasteiger partial charge in [0.1, 0.15) is 6.07 Å². The molecule has 7 heteroatoms. The molecule has 0 aliphatic carbocycles. The molecule has 2 N–H and O–H groups in total. The van der Waals surface area contributed by atoms with Crippen molar-refractivity contribution in [1.29, 1.82) is 5.26 Å². The van der Waals surface area contributed by atoms with Crippen molar-refractivity contribution in [2.75, 3.05) is 36.7 Å². The maximum Gasteiger partial charge on any atom is 0.233 e. The number of benzene rings is 1. The van der Waals surface area contributed by atoms with Gasteiger partial charge < -0.3 is 15.5 Å². The molecule has 0 spiro atoms. The number of rotatable bonds is 4. The van der Waals surface area contributed by atoms with Crippen molar-refractivity contribution in [3.05, 3.63) is 29.3 Å². The minimum Gasteiger partial charge on any atom is -0.357 e. The Labute approximate surface area is 123 Å². The second kappa shape index (κ2) is 6.05. The van der Waals surface area contributed by atoms with E-state index in [0.29, 0.717) is 29.1 Å². The monoisotopic (exact) mass is 283 g/mol. The van der Waals surface area contributed by atoms with Crippen LogP contribution in [0.5, 0.6) is 0 Å². The smallest absolute Gasteiger partial charge is 0.233 e. The van der Waals surface area contributed by atoms with Crippen LogP contribution >= 0.6 is 0 Å². The number of anilines is 4. The van der Waals surface area contributed by atoms with E-state index in [9.17, 15) is 5.26 Å². The zero-order valence-electron chi connectivity index (χ0n) is 12.5. The van der Waals surface area contributed by atoms with Crippen LogP contribution in [0.15, 0.2) is 18.2 Å². The Hall–Kier alpha value is -2.88. The average Bonchev–Trinajstić information content (AvgIpc) is 2.47. The summed E-state index contributed by atoms with van der Waals surface area (Å²) in [7, 11) is 5.45. The van der Waals surface area contributed by atoms with E-state index in [0.717, 1.165) is 5.56 Å². The van der Waals surface area contributed by atoms with E-state index in [-0.39, 0.29) is 0 Å². The first-order valence-electron chi connectivity index (χ1n) is 6.43. The lowest BCUT2D eigenvalue weighted by atomic mass is 10.1. The van der Waals surface area contributed by atoms with Gasteiger partial charge >= 0.3 is 0 Å². The molecule has 2 rings (SSSR count). The second-order valence-corrected chi connectivity index (χ2v) is 4.66. The molecule has 0 aliphatic heterocycles. The molecule has 2 aromatic rings. The Morgan fingerprint density at radius 1 is 1.14 bits per heavy atom. The number of hydrogen-bond donors (Lipinski definition) is 2. The molecule has 0 radical (unpaired) electrons. The molecule has 0 bridgehead atoms. The third kappa shape index (κ3) is 3.17. The number of nitrogens with one attached hydrogen (secondary N) is 2. The first kappa shape index (κ1) is 14.5. The van der Waals surface area contributed by atoms with Gasteiger partial charge in [0.05, 0.1) is 11.3 Å². The van der Waals surface area contributed by atoms with E-state index >= 15 is 0 Å². The van der Waals surface area contributed by atoms with Crippen LogP contribution in [0.4, 0.5) is 23.5 Å². The molecule has 0 saturated carbocycles. The Kier molecular flexibility index (Phi) is 4.18. The molecule has 0 fully saturated rings. The van der Waals surface area contributed by atoms with Crippen LogP contribution in [0, 0.1) is 18.3 Å². The third-order valence-corrected chi connectivity index (χ3v) is 2.88. The lowest BCUT2D eigenvalue weighted by Crippen LogP contribution is -2.15. The largest absolute Gasteiger partial charge is 0.357 e. The van der Waals surface area contributed by atoms with Gasteiger partial charge in [-0.05, 0) is 18.6 Å². The molecule has 1 aromatic heterocycles. The summed E-state index contributed by atoms with van der Waals surface area (Å²) in [6.45, 7) is 1.89. The minimum atomic E-state index is 0.389. The Balaban J connectivity index is 2.42. The molecule has 21 heavy (non-hydrogen) atoms. The Bertz CT molecular complexity index is 688.